The quantitative estimate of drug-likeness (QED) is 0.167. The number of nitrogens with zero attached hydrogens (tertiary/aromatic N) is 1. The molecule has 0 saturated heterocycles. The minimum absolute atomic E-state index is 0.416. The zero-order valence-corrected chi connectivity index (χ0v) is 31.6. The lowest BCUT2D eigenvalue weighted by atomic mass is 9.81. The molecule has 298 valence electrons. The van der Waals surface area contributed by atoms with Crippen LogP contribution in [0.5, 0.6) is 0 Å². The largest absolute Gasteiger partial charge is 0.310 e. The normalized spacial score (nSPS) is 25.8. The molecule has 0 N–H and O–H groups in total. The first-order valence-electron chi connectivity index (χ1n) is 38.9. The van der Waals surface area contributed by atoms with E-state index in [2.05, 4.69) is 0 Å². The highest BCUT2D eigenvalue weighted by Crippen LogP contribution is 2.54. The second-order valence-corrected chi connectivity index (χ2v) is 15.0. The number of benzene rings is 9. The summed E-state index contributed by atoms with van der Waals surface area (Å²) >= 11 is 0. The third-order valence-electron chi connectivity index (χ3n) is 11.6. The lowest BCUT2D eigenvalue weighted by Crippen LogP contribution is -2.18. The van der Waals surface area contributed by atoms with Gasteiger partial charge in [-0.25, -0.2) is 0 Å². The van der Waals surface area contributed by atoms with E-state index in [1.807, 2.05) is 0 Å². The van der Waals surface area contributed by atoms with Crippen molar-refractivity contribution >= 4 is 27.8 Å². The molecule has 0 unspecified atom stereocenters. The molecule has 0 amide bonds. The van der Waals surface area contributed by atoms with Crippen LogP contribution in [-0.2, 0) is 16.2 Å². The Hall–Kier alpha value is -6.96. The molecule has 3 aliphatic carbocycles. The Bertz CT molecular complexity index is 5250. The molecule has 0 radical (unpaired) electrons. The predicted molar refractivity (Wildman–Crippen MR) is 262 cm³/mol. The van der Waals surface area contributed by atoms with Gasteiger partial charge in [-0.1, -0.05) is 186 Å². The van der Waals surface area contributed by atoms with E-state index in [1.54, 1.807) is 0 Å². The van der Waals surface area contributed by atoms with Crippen LogP contribution in [0.15, 0.2) is 188 Å². The SMILES string of the molecule is [2H]c1cc(N(c2cc([2H])c3c(c2)C(C([2H])([2H])[2H])(C([2H])([2H])[2H])c2cc([2H])c([2H])c([2H])c2-3)c2cc3c(c([2H])c2[2H])-c2c([2H])c([2H])c([2H])c([2H])c2C3(C([2H])([2H])[2H])C([2H])([2H])[2H])c([2H])cc1-c1cc([2H])c2c([2H])c([2H])c([2H])c([2H])c2c1-c1cc([2H])c2c(c1)-c1c([2H])c([2H])c([2H])c([2H])c1C2(C([2H])([2H])[2H])C([2H])([2H])[2H]. The average molecular weight is 836 g/mol. The van der Waals surface area contributed by atoms with Crippen molar-refractivity contribution in [2.24, 2.45) is 0 Å². The maximum atomic E-state index is 10.1. The fourth-order valence-corrected chi connectivity index (χ4v) is 8.68. The van der Waals surface area contributed by atoms with Crippen molar-refractivity contribution in [1.82, 2.24) is 0 Å². The molecule has 0 atom stereocenters. The molecule has 62 heavy (non-hydrogen) atoms. The molecule has 12 rings (SSSR count). The van der Waals surface area contributed by atoms with Gasteiger partial charge in [-0.05, 0) is 142 Å². The maximum Gasteiger partial charge on any atom is 0.0645 e. The minimum atomic E-state index is -3.91. The monoisotopic (exact) mass is 836 g/mol. The Labute approximate surface area is 422 Å². The average Bonchev–Trinajstić information content (AvgIpc) is 1.51. The first-order valence-corrected chi connectivity index (χ1v) is 18.9. The summed E-state index contributed by atoms with van der Waals surface area (Å²) < 4.78 is 364. The van der Waals surface area contributed by atoms with Gasteiger partial charge < -0.3 is 4.90 Å². The van der Waals surface area contributed by atoms with Crippen molar-refractivity contribution in [2.75, 3.05) is 4.90 Å². The fraction of sp³-hybridized carbons (Fsp3) is 0.148. The van der Waals surface area contributed by atoms with E-state index < -0.39 is 307 Å². The molecular weight excluding hydrogens is 747 g/mol. The minimum Gasteiger partial charge on any atom is -0.310 e. The lowest BCUT2D eigenvalue weighted by Gasteiger charge is -2.30. The Balaban J connectivity index is 1.24. The van der Waals surface area contributed by atoms with E-state index in [0.29, 0.717) is 11.0 Å². The van der Waals surface area contributed by atoms with Crippen LogP contribution in [0.25, 0.3) is 66.4 Å². The predicted octanol–water partition coefficient (Wildman–Crippen LogP) is 16.6. The number of hydrogen-bond donors (Lipinski definition) is 0. The molecular formula is C61H49N. The lowest BCUT2D eigenvalue weighted by molar-refractivity contribution is 0.660. The summed E-state index contributed by atoms with van der Waals surface area (Å²) in [5.41, 5.74) is -24.0. The van der Waals surface area contributed by atoms with Crippen molar-refractivity contribution in [3.63, 3.8) is 0 Å². The molecule has 9 aromatic rings. The first-order chi connectivity index (χ1) is 46.6. The molecule has 0 bridgehead atoms. The van der Waals surface area contributed by atoms with Crippen LogP contribution in [0.2, 0.25) is 0 Å². The van der Waals surface area contributed by atoms with E-state index in [9.17, 15) is 11.0 Å². The highest BCUT2D eigenvalue weighted by molar-refractivity contribution is 6.05. The fourth-order valence-electron chi connectivity index (χ4n) is 8.68. The van der Waals surface area contributed by atoms with E-state index in [4.69, 9.17) is 43.9 Å². The van der Waals surface area contributed by atoms with Gasteiger partial charge in [-0.3, -0.25) is 0 Å². The summed E-state index contributed by atoms with van der Waals surface area (Å²) in [5, 5.41) is -1.11. The van der Waals surface area contributed by atoms with Crippen LogP contribution in [0.3, 0.4) is 0 Å². The summed E-state index contributed by atoms with van der Waals surface area (Å²) in [6.45, 7) is -22.8. The molecule has 0 spiro atoms. The van der Waals surface area contributed by atoms with E-state index in [0.717, 1.165) is 48.5 Å². The molecule has 0 fully saturated rings. The zero-order chi connectivity index (χ0) is 76.3. The molecule has 0 saturated carbocycles. The van der Waals surface area contributed by atoms with Gasteiger partial charge in [0.15, 0.2) is 0 Å². The Morgan fingerprint density at radius 3 is 1.73 bits per heavy atom. The molecule has 1 nitrogen and oxygen atoms in total. The smallest absolute Gasteiger partial charge is 0.0645 e. The van der Waals surface area contributed by atoms with Crippen molar-refractivity contribution in [1.29, 1.82) is 0 Å². The highest BCUT2D eigenvalue weighted by Gasteiger charge is 2.38. The Kier molecular flexibility index (Phi) is 3.00. The molecule has 0 heterocycles. The van der Waals surface area contributed by atoms with Crippen LogP contribution in [0.4, 0.5) is 17.1 Å². The number of hydrogen-bond acceptors (Lipinski definition) is 1. The van der Waals surface area contributed by atoms with Gasteiger partial charge in [0, 0.05) is 58.0 Å². The van der Waals surface area contributed by atoms with Crippen LogP contribution >= 0.6 is 0 Å². The molecule has 9 aromatic carbocycles. The Morgan fingerprint density at radius 1 is 0.355 bits per heavy atom. The van der Waals surface area contributed by atoms with Gasteiger partial charge in [-0.2, -0.15) is 0 Å². The third kappa shape index (κ3) is 5.15. The second kappa shape index (κ2) is 13.0. The molecule has 0 aliphatic heterocycles. The van der Waals surface area contributed by atoms with Gasteiger partial charge in [0.25, 0.3) is 0 Å². The number of anilines is 3. The highest BCUT2D eigenvalue weighted by atomic mass is 15.1. The van der Waals surface area contributed by atoms with Crippen molar-refractivity contribution in [2.45, 2.75) is 57.4 Å². The third-order valence-corrected chi connectivity index (χ3v) is 11.6. The van der Waals surface area contributed by atoms with Crippen molar-refractivity contribution in [3.8, 4) is 55.6 Å². The van der Waals surface area contributed by atoms with E-state index in [1.165, 1.54) is 0 Å². The van der Waals surface area contributed by atoms with Crippen LogP contribution in [0, 0.1) is 0 Å². The first kappa shape index (κ1) is 14.3. The van der Waals surface area contributed by atoms with Crippen LogP contribution in [-0.4, -0.2) is 0 Å². The van der Waals surface area contributed by atoms with E-state index in [-0.39, 0.29) is 0 Å². The van der Waals surface area contributed by atoms with Gasteiger partial charge in [0.2, 0.25) is 0 Å². The summed E-state index contributed by atoms with van der Waals surface area (Å²) in [6.07, 6.45) is 0. The van der Waals surface area contributed by atoms with Gasteiger partial charge in [-0.15, -0.1) is 0 Å². The molecule has 0 aromatic heterocycles. The van der Waals surface area contributed by atoms with Crippen LogP contribution in [0.1, 0.15) is 129 Å². The topological polar surface area (TPSA) is 3.24 Å². The van der Waals surface area contributed by atoms with Gasteiger partial charge >= 0.3 is 0 Å². The van der Waals surface area contributed by atoms with Crippen molar-refractivity contribution in [3.05, 3.63) is 221 Å². The second-order valence-electron chi connectivity index (χ2n) is 15.0. The van der Waals surface area contributed by atoms with Gasteiger partial charge in [0.1, 0.15) is 0 Å². The maximum absolute atomic E-state index is 10.1. The summed E-state index contributed by atoms with van der Waals surface area (Å²) in [6, 6.07) is -13.6. The standard InChI is InChI=1S/C61H49N/c1-59(2)54-22-14-11-19-48(54)51-35-40(26-34-55(51)59)58-44-16-8-7-15-38(44)25-31-45(58)39-23-27-41(28-24-39)62(42-29-32-49-46-17-9-12-20-52(46)60(3,4)56(49)36-42)43-30-33-50-47-18-10-13-21-53(47)61(5,6)57(50)37-43/h7-37H,1-6H3/i1D3,2D3,3D3,4D3,5D3,6D3,7D,8D,9D,10D,11D,12D,13D,14D,15D,16D,17D,18D,19D,20D,22D,23D,25D,28D,29D,32D,33D,34D. The summed E-state index contributed by atoms with van der Waals surface area (Å²) in [4.78, 5) is 0.701. The summed E-state index contributed by atoms with van der Waals surface area (Å²) in [7, 11) is 0. The van der Waals surface area contributed by atoms with E-state index >= 15 is 0 Å². The number of fused-ring (bicyclic) bond motifs is 10. The molecule has 1 heteroatoms. The Morgan fingerprint density at radius 2 is 0.935 bits per heavy atom. The summed E-state index contributed by atoms with van der Waals surface area (Å²) in [5.74, 6) is 0. The van der Waals surface area contributed by atoms with Crippen molar-refractivity contribution < 1.29 is 54.8 Å². The van der Waals surface area contributed by atoms with Crippen LogP contribution < -0.4 is 4.90 Å². The zero-order valence-electron chi connectivity index (χ0n) is 71.6. The number of rotatable bonds is 5. The molecule has 3 aliphatic rings. The van der Waals surface area contributed by atoms with Gasteiger partial charge in [0.05, 0.1) is 30.2 Å².